The lowest BCUT2D eigenvalue weighted by Gasteiger charge is -2.17. The van der Waals surface area contributed by atoms with Gasteiger partial charge in [-0.05, 0) is 13.0 Å². The molecule has 1 unspecified atom stereocenters. The number of aromatic nitrogens is 1. The third-order valence-corrected chi connectivity index (χ3v) is 1.91. The van der Waals surface area contributed by atoms with Crippen molar-refractivity contribution in [1.82, 2.24) is 4.98 Å². The zero-order valence-corrected chi connectivity index (χ0v) is 8.38. The van der Waals surface area contributed by atoms with Crippen LogP contribution in [-0.4, -0.2) is 17.3 Å². The van der Waals surface area contributed by atoms with Gasteiger partial charge in [-0.1, -0.05) is 0 Å². The fraction of sp³-hybridized carbons (Fsp3) is 0.444. The van der Waals surface area contributed by atoms with Crippen LogP contribution in [0.25, 0.3) is 0 Å². The second-order valence-electron chi connectivity index (χ2n) is 3.10. The second-order valence-corrected chi connectivity index (χ2v) is 3.10. The Hall–Kier alpha value is -1.37. The average Bonchev–Trinajstić information content (AvgIpc) is 2.19. The minimum atomic E-state index is -4.56. The SMILES string of the molecule is CC(Oc1nccc(CN)c1F)C(F)(F)F. The standard InChI is InChI=1S/C9H10F4N2O/c1-5(9(11,12)13)16-8-7(10)6(4-14)2-3-15-8/h2-3,5H,4,14H2,1H3. The molecule has 0 amide bonds. The number of hydrogen-bond acceptors (Lipinski definition) is 3. The molecular formula is C9H10F4N2O. The lowest BCUT2D eigenvalue weighted by Crippen LogP contribution is -2.31. The molecule has 3 nitrogen and oxygen atoms in total. The van der Waals surface area contributed by atoms with Crippen LogP contribution in [0.2, 0.25) is 0 Å². The van der Waals surface area contributed by atoms with E-state index in [4.69, 9.17) is 5.73 Å². The predicted octanol–water partition coefficient (Wildman–Crippen LogP) is 2.01. The van der Waals surface area contributed by atoms with Crippen LogP contribution in [0.4, 0.5) is 17.6 Å². The number of hydrogen-bond donors (Lipinski definition) is 1. The fourth-order valence-electron chi connectivity index (χ4n) is 0.936. The Bertz CT molecular complexity index is 367. The van der Waals surface area contributed by atoms with E-state index >= 15 is 0 Å². The molecule has 0 aromatic carbocycles. The number of ether oxygens (including phenoxy) is 1. The smallest absolute Gasteiger partial charge is 0.425 e. The fourth-order valence-corrected chi connectivity index (χ4v) is 0.936. The summed E-state index contributed by atoms with van der Waals surface area (Å²) < 4.78 is 54.2. The molecule has 0 saturated heterocycles. The van der Waals surface area contributed by atoms with Crippen LogP contribution in [0, 0.1) is 5.82 Å². The van der Waals surface area contributed by atoms with Crippen molar-refractivity contribution in [2.45, 2.75) is 25.7 Å². The van der Waals surface area contributed by atoms with Crippen LogP contribution < -0.4 is 10.5 Å². The molecule has 0 aliphatic carbocycles. The first-order valence-electron chi connectivity index (χ1n) is 4.43. The average molecular weight is 238 g/mol. The highest BCUT2D eigenvalue weighted by molar-refractivity contribution is 5.23. The summed E-state index contributed by atoms with van der Waals surface area (Å²) in [6.07, 6.45) is -5.54. The first-order chi connectivity index (χ1) is 7.36. The zero-order valence-electron chi connectivity index (χ0n) is 8.38. The van der Waals surface area contributed by atoms with Gasteiger partial charge in [0.15, 0.2) is 11.9 Å². The second kappa shape index (κ2) is 4.65. The van der Waals surface area contributed by atoms with Crippen LogP contribution in [0.5, 0.6) is 5.88 Å². The molecule has 2 N–H and O–H groups in total. The van der Waals surface area contributed by atoms with Crippen molar-refractivity contribution in [2.75, 3.05) is 0 Å². The number of pyridine rings is 1. The molecule has 0 saturated carbocycles. The normalized spacial score (nSPS) is 13.6. The van der Waals surface area contributed by atoms with Gasteiger partial charge in [-0.25, -0.2) is 9.37 Å². The van der Waals surface area contributed by atoms with Crippen LogP contribution in [-0.2, 0) is 6.54 Å². The van der Waals surface area contributed by atoms with E-state index in [1.807, 2.05) is 0 Å². The molecule has 1 aromatic heterocycles. The van der Waals surface area contributed by atoms with Crippen molar-refractivity contribution in [3.8, 4) is 5.88 Å². The first-order valence-corrected chi connectivity index (χ1v) is 4.43. The van der Waals surface area contributed by atoms with Crippen LogP contribution in [0.15, 0.2) is 12.3 Å². The van der Waals surface area contributed by atoms with E-state index in [1.165, 1.54) is 6.07 Å². The van der Waals surface area contributed by atoms with Crippen molar-refractivity contribution in [3.63, 3.8) is 0 Å². The van der Waals surface area contributed by atoms with Gasteiger partial charge >= 0.3 is 6.18 Å². The van der Waals surface area contributed by atoms with Crippen molar-refractivity contribution >= 4 is 0 Å². The number of rotatable bonds is 3. The maximum absolute atomic E-state index is 13.4. The highest BCUT2D eigenvalue weighted by Gasteiger charge is 2.38. The molecule has 0 radical (unpaired) electrons. The van der Waals surface area contributed by atoms with Crippen molar-refractivity contribution < 1.29 is 22.3 Å². The molecule has 0 fully saturated rings. The number of nitrogens with two attached hydrogens (primary N) is 1. The Kier molecular flexibility index (Phi) is 3.69. The summed E-state index contributed by atoms with van der Waals surface area (Å²) in [5.41, 5.74) is 5.25. The monoisotopic (exact) mass is 238 g/mol. The van der Waals surface area contributed by atoms with E-state index in [9.17, 15) is 17.6 Å². The molecule has 1 atom stereocenters. The Morgan fingerprint density at radius 3 is 2.62 bits per heavy atom. The summed E-state index contributed by atoms with van der Waals surface area (Å²) in [6.45, 7) is 0.640. The third kappa shape index (κ3) is 2.82. The molecule has 7 heteroatoms. The van der Waals surface area contributed by atoms with E-state index in [2.05, 4.69) is 9.72 Å². The Morgan fingerprint density at radius 1 is 1.50 bits per heavy atom. The van der Waals surface area contributed by atoms with Gasteiger partial charge in [-0.15, -0.1) is 0 Å². The molecular weight excluding hydrogens is 228 g/mol. The number of nitrogens with zero attached hydrogens (tertiary/aromatic N) is 1. The number of alkyl halides is 3. The molecule has 16 heavy (non-hydrogen) atoms. The van der Waals surface area contributed by atoms with Gasteiger partial charge in [0.05, 0.1) is 0 Å². The van der Waals surface area contributed by atoms with E-state index in [0.29, 0.717) is 0 Å². The molecule has 0 aliphatic heterocycles. The molecule has 1 aromatic rings. The maximum Gasteiger partial charge on any atom is 0.425 e. The maximum atomic E-state index is 13.4. The summed E-state index contributed by atoms with van der Waals surface area (Å²) in [6, 6.07) is 1.28. The number of halogens is 4. The molecule has 1 rings (SSSR count). The Morgan fingerprint density at radius 2 is 2.12 bits per heavy atom. The quantitative estimate of drug-likeness (QED) is 0.819. The summed E-state index contributed by atoms with van der Waals surface area (Å²) in [5.74, 6) is -1.64. The summed E-state index contributed by atoms with van der Waals surface area (Å²) >= 11 is 0. The minimum Gasteiger partial charge on any atom is -0.463 e. The van der Waals surface area contributed by atoms with Crippen LogP contribution in [0.3, 0.4) is 0 Å². The molecule has 90 valence electrons. The molecule has 1 heterocycles. The van der Waals surface area contributed by atoms with Gasteiger partial charge in [0.25, 0.3) is 5.88 Å². The molecule has 0 bridgehead atoms. The first kappa shape index (κ1) is 12.7. The molecule has 0 spiro atoms. The minimum absolute atomic E-state index is 0.0550. The highest BCUT2D eigenvalue weighted by atomic mass is 19.4. The van der Waals surface area contributed by atoms with Crippen LogP contribution in [0.1, 0.15) is 12.5 Å². The van der Waals surface area contributed by atoms with Crippen LogP contribution >= 0.6 is 0 Å². The summed E-state index contributed by atoms with van der Waals surface area (Å²) in [4.78, 5) is 3.39. The van der Waals surface area contributed by atoms with Gasteiger partial charge in [-0.3, -0.25) is 0 Å². The zero-order chi connectivity index (χ0) is 12.3. The highest BCUT2D eigenvalue weighted by Crippen LogP contribution is 2.26. The van der Waals surface area contributed by atoms with Gasteiger partial charge in [0.1, 0.15) is 0 Å². The molecule has 0 aliphatic rings. The van der Waals surface area contributed by atoms with E-state index in [1.54, 1.807) is 0 Å². The lowest BCUT2D eigenvalue weighted by molar-refractivity contribution is -0.190. The van der Waals surface area contributed by atoms with E-state index in [-0.39, 0.29) is 12.1 Å². The third-order valence-electron chi connectivity index (χ3n) is 1.91. The van der Waals surface area contributed by atoms with Gasteiger partial charge in [-0.2, -0.15) is 13.2 Å². The van der Waals surface area contributed by atoms with Crippen molar-refractivity contribution in [3.05, 3.63) is 23.6 Å². The topological polar surface area (TPSA) is 48.1 Å². The summed E-state index contributed by atoms with van der Waals surface area (Å²) in [5, 5.41) is 0. The van der Waals surface area contributed by atoms with Gasteiger partial charge in [0, 0.05) is 18.3 Å². The lowest BCUT2D eigenvalue weighted by atomic mass is 10.2. The summed E-state index contributed by atoms with van der Waals surface area (Å²) in [7, 11) is 0. The Labute approximate surface area is 89.2 Å². The predicted molar refractivity (Wildman–Crippen MR) is 48.2 cm³/mol. The van der Waals surface area contributed by atoms with Crippen molar-refractivity contribution in [1.29, 1.82) is 0 Å². The van der Waals surface area contributed by atoms with Gasteiger partial charge < -0.3 is 10.5 Å². The Balaban J connectivity index is 2.90. The van der Waals surface area contributed by atoms with Crippen molar-refractivity contribution in [2.24, 2.45) is 5.73 Å². The van der Waals surface area contributed by atoms with E-state index in [0.717, 1.165) is 13.1 Å². The van der Waals surface area contributed by atoms with E-state index < -0.39 is 24.0 Å². The largest absolute Gasteiger partial charge is 0.463 e. The van der Waals surface area contributed by atoms with Gasteiger partial charge in [0.2, 0.25) is 0 Å².